The molecule has 7 heterocycles. The molecule has 4 fully saturated rings. The first-order valence-electron chi connectivity index (χ1n) is 46.3. The number of hydrogen-bond acceptors (Lipinski definition) is 18. The number of rotatable bonds is 27. The summed E-state index contributed by atoms with van der Waals surface area (Å²) in [5, 5.41) is 52.6. The van der Waals surface area contributed by atoms with E-state index < -0.39 is 52.8 Å². The van der Waals surface area contributed by atoms with Crippen molar-refractivity contribution in [3.8, 4) is 104 Å². The Labute approximate surface area is 825 Å². The lowest BCUT2D eigenvalue weighted by Crippen LogP contribution is -2.24. The van der Waals surface area contributed by atoms with Crippen LogP contribution in [0.3, 0.4) is 0 Å². The number of aromatic nitrogens is 5. The van der Waals surface area contributed by atoms with E-state index in [0.717, 1.165) is 135 Å². The summed E-state index contributed by atoms with van der Waals surface area (Å²) < 4.78 is 213. The molecule has 2 aliphatic heterocycles. The number of alkyl halides is 6. The zero-order valence-corrected chi connectivity index (χ0v) is 82.7. The van der Waals surface area contributed by atoms with Crippen LogP contribution in [0.25, 0.3) is 99.5 Å². The van der Waals surface area contributed by atoms with Crippen molar-refractivity contribution >= 4 is 117 Å². The van der Waals surface area contributed by atoms with Crippen molar-refractivity contribution in [3.05, 3.63) is 258 Å². The van der Waals surface area contributed by atoms with Crippen LogP contribution in [0.5, 0.6) is 28.7 Å². The van der Waals surface area contributed by atoms with Crippen molar-refractivity contribution in [2.45, 2.75) is 132 Å². The molecule has 2 aliphatic carbocycles. The Kier molecular flexibility index (Phi) is 30.6. The topological polar surface area (TPSA) is 357 Å². The Bertz CT molecular complexity index is 7810. The van der Waals surface area contributed by atoms with Crippen LogP contribution in [0.2, 0.25) is 0 Å². The number of aryl methyl sites for hydroxylation is 2. The molecule has 2 saturated heterocycles. The Balaban J connectivity index is 0.000000136. The average molecular weight is 2020 g/mol. The lowest BCUT2D eigenvalue weighted by atomic mass is 10.1. The maximum Gasteiger partial charge on any atom is 0.573 e. The highest BCUT2D eigenvalue weighted by Crippen LogP contribution is 2.45. The Hall–Kier alpha value is -15.1. The molecule has 740 valence electrons. The summed E-state index contributed by atoms with van der Waals surface area (Å²) in [6.45, 7) is 14.8. The highest BCUT2D eigenvalue weighted by atomic mass is 32.2. The zero-order chi connectivity index (χ0) is 102. The van der Waals surface area contributed by atoms with Crippen LogP contribution >= 0.6 is 0 Å². The molecule has 0 radical (unpaired) electrons. The predicted molar refractivity (Wildman–Crippen MR) is 542 cm³/mol. The summed E-state index contributed by atoms with van der Waals surface area (Å²) in [6, 6.07) is 75.2. The molecular formula is C106H102F6N14O13S4. The fourth-order valence-corrected chi connectivity index (χ4v) is 22.3. The molecule has 10 aromatic carbocycles. The van der Waals surface area contributed by atoms with Crippen LogP contribution in [-0.4, -0.2) is 120 Å². The van der Waals surface area contributed by atoms with Crippen molar-refractivity contribution in [1.82, 2.24) is 22.8 Å². The number of benzene rings is 10. The molecular weight excluding hydrogens is 1920 g/mol. The number of nitrogens with zero attached hydrogens (tertiary/aromatic N) is 12. The lowest BCUT2D eigenvalue weighted by molar-refractivity contribution is -0.275. The van der Waals surface area contributed by atoms with Gasteiger partial charge < -0.3 is 46.5 Å². The molecule has 0 amide bonds. The van der Waals surface area contributed by atoms with E-state index in [9.17, 15) is 81.1 Å². The Morgan fingerprint density at radius 2 is 0.860 bits per heavy atom. The second-order valence-corrected chi connectivity index (χ2v) is 43.1. The predicted octanol–water partition coefficient (Wildman–Crippen LogP) is 22.7. The van der Waals surface area contributed by atoms with Gasteiger partial charge in [-0.2, -0.15) is 26.3 Å². The standard InChI is InChI=1S/C27H27N3O3S.C23H23N3O3S.C23H25N3O3S.C19H16F3N3O3S.C14H11F3N2O/c1-3-16-30-26-15-14-23(33-19-20-8-6-5-7-9-20)17-24(26)25(18-28)27(30)21-10-12-22(13-11-21)29-34(31,32)4-2;1-29-19-9-10-20-21(14-24)23(25(22(20)13-19)15-16-3-4-16)17-5-7-18(8-6-17)26-11-2-12-30(26,27)28;1-16(2)15-25-22-13-19(29-3)9-10-20(22)21(14-24)23(25)17-5-7-18(8-6-17)26-11-4-12-30(26,27)28;1-3-25-17-10-14(28-19(20,21)22)8-9-15(17)16(11-23)18(25)12-4-6-13(7-5-12)24-29(2,26)27;15-14(16,17)20-11-3-4-12-10(6-18)8-19(13(12)5-11)7-9-1-2-9/h5-15,17,29H,3-4,16,19H2,1-2H3;5-10,13,16H,2-4,11-12,15H2,1H3;5-10,13,16H,4,11-12,15H2,1-3H3;4-10,24H,3H2,1-2H3;3-5,8-9H,1-2,7H2. The molecule has 0 bridgehead atoms. The van der Waals surface area contributed by atoms with E-state index >= 15 is 0 Å². The van der Waals surface area contributed by atoms with Crippen molar-refractivity contribution in [3.63, 3.8) is 0 Å². The first kappa shape index (κ1) is 102. The second kappa shape index (κ2) is 42.8. The molecule has 19 rings (SSSR count). The molecule has 15 aromatic rings. The van der Waals surface area contributed by atoms with E-state index in [1.165, 1.54) is 57.9 Å². The van der Waals surface area contributed by atoms with Crippen molar-refractivity contribution in [1.29, 1.82) is 26.3 Å². The van der Waals surface area contributed by atoms with Gasteiger partial charge in [0.2, 0.25) is 40.1 Å². The summed E-state index contributed by atoms with van der Waals surface area (Å²) in [5.41, 5.74) is 16.3. The molecule has 5 aromatic heterocycles. The third-order valence-corrected chi connectivity index (χ3v) is 30.3. The van der Waals surface area contributed by atoms with Crippen LogP contribution in [0.15, 0.2) is 225 Å². The first-order valence-corrected chi connectivity index (χ1v) is 53.0. The minimum absolute atomic E-state index is 0.00670. The van der Waals surface area contributed by atoms with Crippen molar-refractivity contribution in [2.24, 2.45) is 17.8 Å². The van der Waals surface area contributed by atoms with E-state index in [0.29, 0.717) is 146 Å². The average Bonchev–Trinajstić information content (AvgIpc) is 1.61. The van der Waals surface area contributed by atoms with Gasteiger partial charge in [-0.25, -0.2) is 33.7 Å². The second-order valence-electron chi connectivity index (χ2n) is 35.3. The number of halogens is 6. The maximum absolute atomic E-state index is 12.6. The fourth-order valence-electron chi connectivity index (χ4n) is 17.9. The minimum atomic E-state index is -4.82. The van der Waals surface area contributed by atoms with Gasteiger partial charge in [-0.05, 0) is 220 Å². The van der Waals surface area contributed by atoms with Gasteiger partial charge in [-0.1, -0.05) is 99.6 Å². The molecule has 0 atom stereocenters. The van der Waals surface area contributed by atoms with Gasteiger partial charge in [-0.3, -0.25) is 18.1 Å². The number of nitrogens with one attached hydrogen (secondary N) is 2. The van der Waals surface area contributed by atoms with Gasteiger partial charge in [0.15, 0.2) is 0 Å². The van der Waals surface area contributed by atoms with Crippen molar-refractivity contribution in [2.75, 3.05) is 68.9 Å². The lowest BCUT2D eigenvalue weighted by Gasteiger charge is -2.18. The van der Waals surface area contributed by atoms with Gasteiger partial charge >= 0.3 is 12.7 Å². The molecule has 37 heteroatoms. The minimum Gasteiger partial charge on any atom is -0.497 e. The van der Waals surface area contributed by atoms with Crippen LogP contribution in [0.1, 0.15) is 113 Å². The maximum atomic E-state index is 12.6. The molecule has 0 unspecified atom stereocenters. The normalized spacial score (nSPS) is 14.3. The number of ether oxygens (including phenoxy) is 5. The highest BCUT2D eigenvalue weighted by Gasteiger charge is 2.36. The van der Waals surface area contributed by atoms with E-state index in [1.807, 2.05) is 150 Å². The largest absolute Gasteiger partial charge is 0.573 e. The number of hydrogen-bond donors (Lipinski definition) is 2. The monoisotopic (exact) mass is 2020 g/mol. The van der Waals surface area contributed by atoms with Gasteiger partial charge in [0.1, 0.15) is 65.7 Å². The fraction of sp³-hybridized carbons (Fsp3) is 0.292. The summed E-state index contributed by atoms with van der Waals surface area (Å²) in [7, 11) is -9.94. The third-order valence-electron chi connectivity index (χ3n) is 24.7. The number of methoxy groups -OCH3 is 2. The quantitative estimate of drug-likeness (QED) is 0.0452. The van der Waals surface area contributed by atoms with Crippen molar-refractivity contribution < 1.29 is 83.7 Å². The summed E-state index contributed by atoms with van der Waals surface area (Å²) in [5.74, 6) is 3.55. The third kappa shape index (κ3) is 23.7. The molecule has 2 N–H and O–H groups in total. The summed E-state index contributed by atoms with van der Waals surface area (Å²) >= 11 is 0. The van der Waals surface area contributed by atoms with E-state index in [4.69, 9.17) is 19.5 Å². The van der Waals surface area contributed by atoms with Crippen LogP contribution in [0, 0.1) is 74.4 Å². The molecule has 4 aliphatic rings. The Morgan fingerprint density at radius 1 is 0.448 bits per heavy atom. The molecule has 2 saturated carbocycles. The van der Waals surface area contributed by atoms with E-state index in [2.05, 4.69) is 83.7 Å². The van der Waals surface area contributed by atoms with E-state index in [1.54, 1.807) is 75.2 Å². The van der Waals surface area contributed by atoms with Gasteiger partial charge in [0.05, 0.1) is 127 Å². The van der Waals surface area contributed by atoms with Crippen LogP contribution in [-0.2, 0) is 79.4 Å². The number of sulfonamides is 4. The molecule has 0 spiro atoms. The highest BCUT2D eigenvalue weighted by molar-refractivity contribution is 7.93. The van der Waals surface area contributed by atoms with Gasteiger partial charge in [0.25, 0.3) is 0 Å². The molecule has 143 heavy (non-hydrogen) atoms. The van der Waals surface area contributed by atoms with Gasteiger partial charge in [-0.15, -0.1) is 26.3 Å². The van der Waals surface area contributed by atoms with Crippen LogP contribution < -0.4 is 41.7 Å². The smallest absolute Gasteiger partial charge is 0.497 e. The van der Waals surface area contributed by atoms with E-state index in [-0.39, 0.29) is 28.8 Å². The SMILES string of the molecule is CCCn1c(-c2ccc(NS(=O)(=O)CC)cc2)c(C#N)c2cc(OCc3ccccc3)ccc21.CCn1c(-c2ccc(NS(C)(=O)=O)cc2)c(C#N)c2ccc(OC(F)(F)F)cc21.COc1ccc2c(C#N)c(-c3ccc(N4CCCS4(=O)=O)cc3)n(CC(C)C)c2c1.COc1ccc2c(C#N)c(-c3ccc(N4CCCS4(=O)=O)cc3)n(CC3CC3)c2c1.N#Cc1cn(CC2CC2)c2cc(OC(F)(F)F)ccc12. The zero-order valence-electron chi connectivity index (χ0n) is 79.4. The Morgan fingerprint density at radius 3 is 1.29 bits per heavy atom. The number of fused-ring (bicyclic) bond motifs is 5. The number of anilines is 4. The van der Waals surface area contributed by atoms with Gasteiger partial charge in [0, 0.05) is 115 Å². The molecule has 27 nitrogen and oxygen atoms in total. The summed E-state index contributed by atoms with van der Waals surface area (Å²) in [4.78, 5) is 0. The first-order chi connectivity index (χ1) is 68.3. The summed E-state index contributed by atoms with van der Waals surface area (Å²) in [6.07, 6.45) is 0.0640. The van der Waals surface area contributed by atoms with Crippen LogP contribution in [0.4, 0.5) is 49.1 Å². The number of nitriles is 5.